The zero-order valence-corrected chi connectivity index (χ0v) is 25.8. The molecule has 3 amide bonds. The topological polar surface area (TPSA) is 150 Å². The lowest BCUT2D eigenvalue weighted by molar-refractivity contribution is -0.136. The fraction of sp³-hybridized carbons (Fsp3) is 0.103. The highest BCUT2D eigenvalue weighted by atomic mass is 35.5. The Hall–Kier alpha value is -4.20. The molecule has 0 atom stereocenters. The van der Waals surface area contributed by atoms with Crippen LogP contribution in [0.4, 0.5) is 5.69 Å². The van der Waals surface area contributed by atoms with Crippen LogP contribution in [-0.4, -0.2) is 43.2 Å². The second-order valence-electron chi connectivity index (χ2n) is 9.08. The molecule has 1 aromatic heterocycles. The van der Waals surface area contributed by atoms with E-state index in [1.54, 1.807) is 36.4 Å². The van der Waals surface area contributed by atoms with E-state index in [0.717, 1.165) is 4.31 Å². The molecule has 0 bridgehead atoms. The van der Waals surface area contributed by atoms with Gasteiger partial charge in [-0.1, -0.05) is 65.1 Å². The summed E-state index contributed by atoms with van der Waals surface area (Å²) in [6.45, 7) is -0.677. The van der Waals surface area contributed by atoms with Gasteiger partial charge in [0.05, 0.1) is 34.2 Å². The molecule has 3 N–H and O–H groups in total. The van der Waals surface area contributed by atoms with Crippen molar-refractivity contribution in [3.05, 3.63) is 117 Å². The second-order valence-corrected chi connectivity index (χ2v) is 12.3. The number of anilines is 1. The maximum absolute atomic E-state index is 13.3. The van der Waals surface area contributed by atoms with Crippen molar-refractivity contribution in [3.8, 4) is 0 Å². The fourth-order valence-electron chi connectivity index (χ4n) is 3.70. The van der Waals surface area contributed by atoms with Crippen LogP contribution < -0.4 is 16.1 Å². The van der Waals surface area contributed by atoms with Crippen molar-refractivity contribution in [1.29, 1.82) is 0 Å². The Bertz CT molecular complexity index is 1780. The number of amides is 3. The minimum Gasteiger partial charge on any atom is -0.458 e. The molecule has 3 aromatic carbocycles. The fourth-order valence-corrected chi connectivity index (χ4v) is 5.51. The van der Waals surface area contributed by atoms with E-state index in [1.165, 1.54) is 54.7 Å². The van der Waals surface area contributed by atoms with Crippen LogP contribution in [0.5, 0.6) is 0 Å². The Kier molecular flexibility index (Phi) is 11.1. The lowest BCUT2D eigenvalue weighted by Crippen LogP contribution is -2.39. The van der Waals surface area contributed by atoms with Crippen molar-refractivity contribution in [2.24, 2.45) is 5.10 Å². The van der Waals surface area contributed by atoms with Gasteiger partial charge in [0.1, 0.15) is 11.5 Å². The predicted octanol–water partition coefficient (Wildman–Crippen LogP) is 4.84. The molecular formula is C29H24Cl3N5O6S. The van der Waals surface area contributed by atoms with Crippen LogP contribution in [-0.2, 0) is 37.5 Å². The van der Waals surface area contributed by atoms with Crippen LogP contribution in [0, 0.1) is 0 Å². The van der Waals surface area contributed by atoms with Crippen LogP contribution in [0.2, 0.25) is 15.1 Å². The van der Waals surface area contributed by atoms with E-state index in [4.69, 9.17) is 39.2 Å². The molecule has 0 aliphatic rings. The Morgan fingerprint density at radius 2 is 1.59 bits per heavy atom. The van der Waals surface area contributed by atoms with Gasteiger partial charge >= 0.3 is 11.8 Å². The number of furan rings is 1. The zero-order valence-electron chi connectivity index (χ0n) is 22.7. The molecule has 0 aliphatic carbocycles. The molecule has 4 rings (SSSR count). The summed E-state index contributed by atoms with van der Waals surface area (Å²) in [7, 11) is -4.06. The maximum Gasteiger partial charge on any atom is 0.313 e. The molecule has 0 radical (unpaired) electrons. The molecule has 11 nitrogen and oxygen atoms in total. The molecule has 0 aliphatic heterocycles. The number of hydrogen-bond donors (Lipinski definition) is 3. The summed E-state index contributed by atoms with van der Waals surface area (Å²) in [5, 5.41) is 9.56. The number of hydrazone groups is 1. The molecule has 0 saturated carbocycles. The number of nitrogens with zero attached hydrogens (tertiary/aromatic N) is 2. The molecule has 1 heterocycles. The van der Waals surface area contributed by atoms with E-state index in [2.05, 4.69) is 21.2 Å². The Labute approximate surface area is 267 Å². The first-order chi connectivity index (χ1) is 21.0. The largest absolute Gasteiger partial charge is 0.458 e. The highest BCUT2D eigenvalue weighted by molar-refractivity contribution is 7.89. The normalized spacial score (nSPS) is 11.5. The first-order valence-corrected chi connectivity index (χ1v) is 15.3. The predicted molar refractivity (Wildman–Crippen MR) is 167 cm³/mol. The number of hydrogen-bond acceptors (Lipinski definition) is 7. The van der Waals surface area contributed by atoms with Gasteiger partial charge < -0.3 is 15.1 Å². The SMILES string of the molecule is O=C(CN(Cc1ccccc1)S(=O)(=O)c1ccc(Cl)cc1)N/N=C\c1ccc(CNC(=O)C(=O)Nc2ccc(Cl)c(Cl)c2)o1. The smallest absolute Gasteiger partial charge is 0.313 e. The second kappa shape index (κ2) is 15.0. The van der Waals surface area contributed by atoms with Gasteiger partial charge in [-0.05, 0) is 60.2 Å². The summed E-state index contributed by atoms with van der Waals surface area (Å²) in [5.41, 5.74) is 3.27. The Morgan fingerprint density at radius 1 is 0.864 bits per heavy atom. The molecule has 15 heteroatoms. The van der Waals surface area contributed by atoms with E-state index in [9.17, 15) is 22.8 Å². The summed E-state index contributed by atoms with van der Waals surface area (Å²) in [6, 6.07) is 21.9. The van der Waals surface area contributed by atoms with E-state index in [0.29, 0.717) is 27.1 Å². The van der Waals surface area contributed by atoms with E-state index < -0.39 is 34.3 Å². The number of halogens is 3. The first kappa shape index (κ1) is 32.7. The molecular weight excluding hydrogens is 653 g/mol. The molecule has 4 aromatic rings. The Morgan fingerprint density at radius 3 is 2.30 bits per heavy atom. The number of sulfonamides is 1. The average Bonchev–Trinajstić information content (AvgIpc) is 3.45. The summed E-state index contributed by atoms with van der Waals surface area (Å²) < 4.78 is 33.2. The van der Waals surface area contributed by atoms with Gasteiger partial charge in [0.25, 0.3) is 5.91 Å². The van der Waals surface area contributed by atoms with Crippen molar-refractivity contribution in [2.45, 2.75) is 18.0 Å². The minimum absolute atomic E-state index is 0.0174. The summed E-state index contributed by atoms with van der Waals surface area (Å²) >= 11 is 17.7. The number of nitrogens with one attached hydrogen (secondary N) is 3. The highest BCUT2D eigenvalue weighted by Gasteiger charge is 2.27. The third kappa shape index (κ3) is 9.15. The standard InChI is InChI=1S/C29H24Cl3N5O6S/c30-20-6-11-24(12-7-20)44(41,42)37(17-19-4-2-1-3-5-19)18-27(38)36-34-16-23-10-9-22(43-23)15-33-28(39)29(40)35-21-8-13-25(31)26(32)14-21/h1-14,16H,15,17-18H2,(H,33,39)(H,35,40)(H,36,38)/b34-16-. The first-order valence-electron chi connectivity index (χ1n) is 12.8. The lowest BCUT2D eigenvalue weighted by atomic mass is 10.2. The number of benzene rings is 3. The van der Waals surface area contributed by atoms with Crippen LogP contribution >= 0.6 is 34.8 Å². The van der Waals surface area contributed by atoms with Crippen LogP contribution in [0.1, 0.15) is 17.1 Å². The third-order valence-corrected chi connectivity index (χ3v) is 8.64. The molecule has 228 valence electrons. The number of carbonyl (C=O) groups excluding carboxylic acids is 3. The zero-order chi connectivity index (χ0) is 31.7. The van der Waals surface area contributed by atoms with Crippen molar-refractivity contribution >= 4 is 74.4 Å². The van der Waals surface area contributed by atoms with E-state index >= 15 is 0 Å². The lowest BCUT2D eigenvalue weighted by Gasteiger charge is -2.21. The van der Waals surface area contributed by atoms with Gasteiger partial charge in [-0.25, -0.2) is 13.8 Å². The van der Waals surface area contributed by atoms with Gasteiger partial charge in [-0.3, -0.25) is 14.4 Å². The monoisotopic (exact) mass is 675 g/mol. The minimum atomic E-state index is -4.06. The number of rotatable bonds is 11. The summed E-state index contributed by atoms with van der Waals surface area (Å²) in [4.78, 5) is 37.0. The average molecular weight is 677 g/mol. The van der Waals surface area contributed by atoms with Gasteiger partial charge in [0, 0.05) is 17.3 Å². The highest BCUT2D eigenvalue weighted by Crippen LogP contribution is 2.25. The van der Waals surface area contributed by atoms with Gasteiger partial charge in [0.15, 0.2) is 0 Å². The molecule has 0 saturated heterocycles. The molecule has 0 fully saturated rings. The van der Waals surface area contributed by atoms with Gasteiger partial charge in [-0.2, -0.15) is 9.41 Å². The molecule has 0 spiro atoms. The van der Waals surface area contributed by atoms with E-state index in [1.807, 2.05) is 0 Å². The van der Waals surface area contributed by atoms with Crippen molar-refractivity contribution in [3.63, 3.8) is 0 Å². The summed E-state index contributed by atoms with van der Waals surface area (Å²) in [5.74, 6) is -1.99. The quantitative estimate of drug-likeness (QED) is 0.118. The maximum atomic E-state index is 13.3. The number of carbonyl (C=O) groups is 3. The van der Waals surface area contributed by atoms with Crippen LogP contribution in [0.25, 0.3) is 0 Å². The molecule has 44 heavy (non-hydrogen) atoms. The van der Waals surface area contributed by atoms with Crippen molar-refractivity contribution < 1.29 is 27.2 Å². The van der Waals surface area contributed by atoms with Crippen LogP contribution in [0.15, 0.2) is 99.3 Å². The third-order valence-electron chi connectivity index (χ3n) is 5.84. The van der Waals surface area contributed by atoms with Crippen molar-refractivity contribution in [2.75, 3.05) is 11.9 Å². The Balaban J connectivity index is 1.31. The van der Waals surface area contributed by atoms with Crippen LogP contribution in [0.3, 0.4) is 0 Å². The summed E-state index contributed by atoms with van der Waals surface area (Å²) in [6.07, 6.45) is 1.20. The van der Waals surface area contributed by atoms with Gasteiger partial charge in [0.2, 0.25) is 10.0 Å². The molecule has 0 unspecified atom stereocenters. The van der Waals surface area contributed by atoms with E-state index in [-0.39, 0.29) is 28.8 Å². The van der Waals surface area contributed by atoms with Crippen molar-refractivity contribution in [1.82, 2.24) is 15.0 Å². The van der Waals surface area contributed by atoms with Gasteiger partial charge in [-0.15, -0.1) is 0 Å².